The Kier molecular flexibility index (Phi) is 3.25. The van der Waals surface area contributed by atoms with E-state index >= 15 is 0 Å². The fraction of sp³-hybridized carbons (Fsp3) is 0.125. The van der Waals surface area contributed by atoms with Gasteiger partial charge in [-0.15, -0.1) is 5.59 Å². The van der Waals surface area contributed by atoms with Crippen LogP contribution in [0.2, 0.25) is 0 Å². The molecule has 0 unspecified atom stereocenters. The third-order valence-corrected chi connectivity index (χ3v) is 1.30. The molecule has 0 aromatic heterocycles. The first-order valence-electron chi connectivity index (χ1n) is 3.48. The average Bonchev–Trinajstić information content (AvgIpc) is 2.15. The van der Waals surface area contributed by atoms with Gasteiger partial charge >= 0.3 is 0 Å². The number of carbonyl (C=O) groups is 1. The maximum absolute atomic E-state index is 11.1. The molecule has 0 atom stereocenters. The van der Waals surface area contributed by atoms with Crippen molar-refractivity contribution in [1.29, 1.82) is 0 Å². The van der Waals surface area contributed by atoms with Gasteiger partial charge in [-0.2, -0.15) is 0 Å². The summed E-state index contributed by atoms with van der Waals surface area (Å²) in [5.74, 6) is -0.225. The lowest BCUT2D eigenvalue weighted by Gasteiger charge is -2.03. The van der Waals surface area contributed by atoms with Crippen LogP contribution in [0.5, 0.6) is 0 Å². The van der Waals surface area contributed by atoms with E-state index in [2.05, 4.69) is 15.9 Å². The van der Waals surface area contributed by atoms with Gasteiger partial charge in [0.25, 0.3) is 5.91 Å². The minimum Gasteiger partial charge on any atom is -0.286 e. The Morgan fingerprint density at radius 1 is 1.33 bits per heavy atom. The van der Waals surface area contributed by atoms with Crippen molar-refractivity contribution in [3.05, 3.63) is 35.9 Å². The summed E-state index contributed by atoms with van der Waals surface area (Å²) in [6.07, 6.45) is 0. The predicted molar refractivity (Wildman–Crippen MR) is 44.1 cm³/mol. The predicted octanol–water partition coefficient (Wildman–Crippen LogP) is 0.482. The Bertz CT molecular complexity index is 248. The lowest BCUT2D eigenvalue weighted by atomic mass is 10.2. The number of carbonyl (C=O) groups excluding carboxylic acids is 1. The molecule has 0 bridgehead atoms. The van der Waals surface area contributed by atoms with Crippen LogP contribution in [-0.4, -0.2) is 13.0 Å². The second kappa shape index (κ2) is 4.48. The SMILES string of the molecule is CONNC(=O)c1ccccc1. The van der Waals surface area contributed by atoms with Crippen LogP contribution < -0.4 is 11.0 Å². The fourth-order valence-corrected chi connectivity index (χ4v) is 0.759. The molecule has 4 heteroatoms. The maximum atomic E-state index is 11.1. The summed E-state index contributed by atoms with van der Waals surface area (Å²) in [6.45, 7) is 0. The highest BCUT2D eigenvalue weighted by molar-refractivity contribution is 5.93. The van der Waals surface area contributed by atoms with Gasteiger partial charge in [0.05, 0.1) is 7.11 Å². The van der Waals surface area contributed by atoms with E-state index in [1.807, 2.05) is 6.07 Å². The molecule has 0 aliphatic carbocycles. The second-order valence-electron chi connectivity index (χ2n) is 2.13. The van der Waals surface area contributed by atoms with E-state index in [9.17, 15) is 4.79 Å². The van der Waals surface area contributed by atoms with Gasteiger partial charge in [0.15, 0.2) is 0 Å². The van der Waals surface area contributed by atoms with Gasteiger partial charge in [-0.1, -0.05) is 18.2 Å². The summed E-state index contributed by atoms with van der Waals surface area (Å²) < 4.78 is 0. The maximum Gasteiger partial charge on any atom is 0.267 e. The topological polar surface area (TPSA) is 50.4 Å². The largest absolute Gasteiger partial charge is 0.286 e. The summed E-state index contributed by atoms with van der Waals surface area (Å²) in [5, 5.41) is 0. The average molecular weight is 166 g/mol. The van der Waals surface area contributed by atoms with E-state index in [4.69, 9.17) is 0 Å². The van der Waals surface area contributed by atoms with Gasteiger partial charge in [-0.3, -0.25) is 15.1 Å². The summed E-state index contributed by atoms with van der Waals surface area (Å²) in [5.41, 5.74) is 5.17. The number of benzene rings is 1. The van der Waals surface area contributed by atoms with E-state index in [1.165, 1.54) is 7.11 Å². The van der Waals surface area contributed by atoms with E-state index in [-0.39, 0.29) is 5.91 Å². The van der Waals surface area contributed by atoms with Gasteiger partial charge in [0.2, 0.25) is 0 Å². The van der Waals surface area contributed by atoms with Crippen molar-refractivity contribution in [2.24, 2.45) is 0 Å². The molecule has 0 heterocycles. The smallest absolute Gasteiger partial charge is 0.267 e. The first-order valence-corrected chi connectivity index (χ1v) is 3.48. The van der Waals surface area contributed by atoms with Crippen LogP contribution in [0.4, 0.5) is 0 Å². The van der Waals surface area contributed by atoms with Crippen molar-refractivity contribution in [2.75, 3.05) is 7.11 Å². The monoisotopic (exact) mass is 166 g/mol. The highest BCUT2D eigenvalue weighted by Crippen LogP contribution is 1.96. The molecule has 1 amide bonds. The Balaban J connectivity index is 2.54. The van der Waals surface area contributed by atoms with Gasteiger partial charge < -0.3 is 0 Å². The molecule has 1 aromatic carbocycles. The van der Waals surface area contributed by atoms with Gasteiger partial charge in [0, 0.05) is 5.56 Å². The van der Waals surface area contributed by atoms with Gasteiger partial charge in [-0.25, -0.2) is 0 Å². The molecule has 0 aliphatic rings. The molecular weight excluding hydrogens is 156 g/mol. The molecule has 0 spiro atoms. The minimum atomic E-state index is -0.225. The zero-order valence-corrected chi connectivity index (χ0v) is 6.70. The Hall–Kier alpha value is -1.39. The molecule has 4 nitrogen and oxygen atoms in total. The van der Waals surface area contributed by atoms with Crippen molar-refractivity contribution < 1.29 is 9.63 Å². The summed E-state index contributed by atoms with van der Waals surface area (Å²) in [6, 6.07) is 8.86. The highest BCUT2D eigenvalue weighted by Gasteiger charge is 2.01. The van der Waals surface area contributed by atoms with Crippen molar-refractivity contribution in [3.8, 4) is 0 Å². The third kappa shape index (κ3) is 2.34. The lowest BCUT2D eigenvalue weighted by molar-refractivity contribution is 0.0459. The van der Waals surface area contributed by atoms with E-state index in [0.717, 1.165) is 0 Å². The normalized spacial score (nSPS) is 9.42. The standard InChI is InChI=1S/C8H10N2O2/c1-12-10-9-8(11)7-5-3-2-4-6-7/h2-6,10H,1H3,(H,9,11). The molecule has 0 saturated heterocycles. The van der Waals surface area contributed by atoms with Crippen LogP contribution >= 0.6 is 0 Å². The van der Waals surface area contributed by atoms with Crippen LogP contribution in [0.15, 0.2) is 30.3 Å². The third-order valence-electron chi connectivity index (χ3n) is 1.30. The Labute approximate surface area is 70.5 Å². The number of nitrogens with one attached hydrogen (secondary N) is 2. The van der Waals surface area contributed by atoms with Crippen molar-refractivity contribution in [2.45, 2.75) is 0 Å². The van der Waals surface area contributed by atoms with Crippen molar-refractivity contribution in [1.82, 2.24) is 11.0 Å². The number of rotatable bonds is 3. The Morgan fingerprint density at radius 2 is 2.00 bits per heavy atom. The quantitative estimate of drug-likeness (QED) is 0.642. The van der Waals surface area contributed by atoms with Gasteiger partial charge in [0.1, 0.15) is 0 Å². The second-order valence-corrected chi connectivity index (χ2v) is 2.13. The van der Waals surface area contributed by atoms with Crippen molar-refractivity contribution >= 4 is 5.91 Å². The molecule has 0 aliphatic heterocycles. The molecule has 64 valence electrons. The summed E-state index contributed by atoms with van der Waals surface area (Å²) in [7, 11) is 1.42. The molecule has 2 N–H and O–H groups in total. The molecule has 12 heavy (non-hydrogen) atoms. The molecular formula is C8H10N2O2. The molecule has 0 saturated carbocycles. The van der Waals surface area contributed by atoms with E-state index < -0.39 is 0 Å². The van der Waals surface area contributed by atoms with E-state index in [0.29, 0.717) is 5.56 Å². The number of hydrogen-bond acceptors (Lipinski definition) is 3. The van der Waals surface area contributed by atoms with Crippen LogP contribution in [0, 0.1) is 0 Å². The van der Waals surface area contributed by atoms with Crippen molar-refractivity contribution in [3.63, 3.8) is 0 Å². The van der Waals surface area contributed by atoms with Crippen LogP contribution in [0.25, 0.3) is 0 Å². The first kappa shape index (κ1) is 8.70. The Morgan fingerprint density at radius 3 is 2.58 bits per heavy atom. The molecule has 1 aromatic rings. The molecule has 1 rings (SSSR count). The zero-order chi connectivity index (χ0) is 8.81. The number of hydrazine groups is 1. The number of hydrogen-bond donors (Lipinski definition) is 2. The fourth-order valence-electron chi connectivity index (χ4n) is 0.759. The summed E-state index contributed by atoms with van der Waals surface area (Å²) >= 11 is 0. The molecule has 0 radical (unpaired) electrons. The zero-order valence-electron chi connectivity index (χ0n) is 6.70. The first-order chi connectivity index (χ1) is 5.84. The summed E-state index contributed by atoms with van der Waals surface area (Å²) in [4.78, 5) is 15.6. The lowest BCUT2D eigenvalue weighted by Crippen LogP contribution is -2.36. The molecule has 0 fully saturated rings. The minimum absolute atomic E-state index is 0.225. The van der Waals surface area contributed by atoms with Crippen LogP contribution in [-0.2, 0) is 4.84 Å². The van der Waals surface area contributed by atoms with Gasteiger partial charge in [-0.05, 0) is 12.1 Å². The van der Waals surface area contributed by atoms with Crippen LogP contribution in [0.1, 0.15) is 10.4 Å². The van der Waals surface area contributed by atoms with Crippen LogP contribution in [0.3, 0.4) is 0 Å². The van der Waals surface area contributed by atoms with E-state index in [1.54, 1.807) is 24.3 Å². The highest BCUT2D eigenvalue weighted by atomic mass is 16.7. The number of amides is 1.